The van der Waals surface area contributed by atoms with Crippen molar-refractivity contribution in [3.05, 3.63) is 89.6 Å². The number of nitrogens with one attached hydrogen (secondary N) is 1. The van der Waals surface area contributed by atoms with Crippen molar-refractivity contribution in [2.75, 3.05) is 6.54 Å². The fourth-order valence-corrected chi connectivity index (χ4v) is 4.33. The lowest BCUT2D eigenvalue weighted by atomic mass is 9.93. The van der Waals surface area contributed by atoms with E-state index in [9.17, 15) is 22.8 Å². The van der Waals surface area contributed by atoms with Gasteiger partial charge in [-0.2, -0.15) is 18.3 Å². The number of carbonyl (C=O) groups is 2. The van der Waals surface area contributed by atoms with Gasteiger partial charge in [-0.25, -0.2) is 0 Å². The lowest BCUT2D eigenvalue weighted by Crippen LogP contribution is -2.25. The summed E-state index contributed by atoms with van der Waals surface area (Å²) in [4.78, 5) is 23.0. The molecule has 0 saturated carbocycles. The lowest BCUT2D eigenvalue weighted by Gasteiger charge is -2.23. The van der Waals surface area contributed by atoms with Crippen molar-refractivity contribution < 1.29 is 27.9 Å². The number of aliphatic carboxylic acids is 1. The van der Waals surface area contributed by atoms with Crippen LogP contribution < -0.4 is 5.32 Å². The van der Waals surface area contributed by atoms with Crippen molar-refractivity contribution >= 4 is 22.8 Å². The molecule has 0 aliphatic carbocycles. The smallest absolute Gasteiger partial charge is 0.416 e. The van der Waals surface area contributed by atoms with E-state index in [0.29, 0.717) is 11.1 Å². The van der Waals surface area contributed by atoms with Crippen LogP contribution in [0.3, 0.4) is 0 Å². The predicted octanol–water partition coefficient (Wildman–Crippen LogP) is 6.17. The predicted molar refractivity (Wildman–Crippen MR) is 134 cm³/mol. The summed E-state index contributed by atoms with van der Waals surface area (Å²) in [5, 5.41) is 16.7. The fourth-order valence-electron chi connectivity index (χ4n) is 4.33. The number of carboxylic acid groups (broad SMARTS) is 1. The zero-order valence-electron chi connectivity index (χ0n) is 20.3. The molecule has 2 N–H and O–H groups in total. The molecule has 0 aliphatic rings. The standard InChI is InChI=1S/C28H26F3N3O3/c1-17(2)26(20-5-3-18(4-6-20)19-7-10-23(11-8-19)28(29,30)31)34-24-12-9-21(15-22(24)16-33-34)27(37)32-14-13-25(35)36/h3-12,15-17,26H,13-14H2,1-2H3,(H,32,37)(H,35,36). The molecule has 0 saturated heterocycles. The zero-order chi connectivity index (χ0) is 26.7. The molecule has 1 amide bonds. The van der Waals surface area contributed by atoms with Crippen LogP contribution in [0, 0.1) is 5.92 Å². The van der Waals surface area contributed by atoms with Gasteiger partial charge in [0.1, 0.15) is 0 Å². The lowest BCUT2D eigenvalue weighted by molar-refractivity contribution is -0.138. The van der Waals surface area contributed by atoms with Gasteiger partial charge in [-0.05, 0) is 52.9 Å². The van der Waals surface area contributed by atoms with E-state index >= 15 is 0 Å². The minimum atomic E-state index is -4.37. The van der Waals surface area contributed by atoms with E-state index in [2.05, 4.69) is 24.3 Å². The Morgan fingerprint density at radius 1 is 0.973 bits per heavy atom. The number of amides is 1. The first-order valence-electron chi connectivity index (χ1n) is 11.8. The van der Waals surface area contributed by atoms with Crippen molar-refractivity contribution in [3.8, 4) is 11.1 Å². The molecule has 0 aliphatic heterocycles. The van der Waals surface area contributed by atoms with Crippen LogP contribution in [-0.2, 0) is 11.0 Å². The Hall–Kier alpha value is -4.14. The van der Waals surface area contributed by atoms with E-state index in [1.54, 1.807) is 18.3 Å². The molecule has 9 heteroatoms. The number of halogens is 3. The largest absolute Gasteiger partial charge is 0.481 e. The van der Waals surface area contributed by atoms with Crippen molar-refractivity contribution in [1.29, 1.82) is 0 Å². The molecular formula is C28H26F3N3O3. The third-order valence-electron chi connectivity index (χ3n) is 6.17. The van der Waals surface area contributed by atoms with Crippen molar-refractivity contribution in [1.82, 2.24) is 15.1 Å². The maximum absolute atomic E-state index is 12.9. The van der Waals surface area contributed by atoms with E-state index < -0.39 is 17.7 Å². The van der Waals surface area contributed by atoms with E-state index in [1.165, 1.54) is 12.1 Å². The van der Waals surface area contributed by atoms with E-state index in [0.717, 1.165) is 34.2 Å². The van der Waals surface area contributed by atoms with Gasteiger partial charge in [0, 0.05) is 17.5 Å². The second-order valence-corrected chi connectivity index (χ2v) is 9.15. The normalized spacial score (nSPS) is 12.6. The topological polar surface area (TPSA) is 84.2 Å². The van der Waals surface area contributed by atoms with Gasteiger partial charge in [0.05, 0.1) is 29.7 Å². The Bertz CT molecular complexity index is 1410. The van der Waals surface area contributed by atoms with Crippen LogP contribution in [0.1, 0.15) is 47.8 Å². The molecule has 1 aromatic heterocycles. The number of hydrogen-bond acceptors (Lipinski definition) is 3. The number of aromatic nitrogens is 2. The van der Waals surface area contributed by atoms with Gasteiger partial charge >= 0.3 is 12.1 Å². The summed E-state index contributed by atoms with van der Waals surface area (Å²) in [6.45, 7) is 4.20. The minimum Gasteiger partial charge on any atom is -0.481 e. The molecule has 6 nitrogen and oxygen atoms in total. The van der Waals surface area contributed by atoms with Crippen LogP contribution in [0.15, 0.2) is 72.9 Å². The highest BCUT2D eigenvalue weighted by molar-refractivity contribution is 5.98. The molecule has 37 heavy (non-hydrogen) atoms. The third-order valence-corrected chi connectivity index (χ3v) is 6.17. The molecule has 1 atom stereocenters. The average molecular weight is 510 g/mol. The van der Waals surface area contributed by atoms with E-state index in [-0.39, 0.29) is 30.8 Å². The SMILES string of the molecule is CC(C)C(c1ccc(-c2ccc(C(F)(F)F)cc2)cc1)n1ncc2cc(C(=O)NCCC(=O)O)ccc21. The Morgan fingerprint density at radius 2 is 1.59 bits per heavy atom. The molecule has 3 aromatic carbocycles. The summed E-state index contributed by atoms with van der Waals surface area (Å²) in [6.07, 6.45) is -2.83. The summed E-state index contributed by atoms with van der Waals surface area (Å²) in [6, 6.07) is 17.9. The molecule has 0 spiro atoms. The van der Waals surface area contributed by atoms with Crippen LogP contribution >= 0.6 is 0 Å². The molecular weight excluding hydrogens is 483 g/mol. The van der Waals surface area contributed by atoms with Gasteiger partial charge in [0.25, 0.3) is 5.91 Å². The maximum Gasteiger partial charge on any atom is 0.416 e. The van der Waals surface area contributed by atoms with Crippen LogP contribution in [0.4, 0.5) is 13.2 Å². The molecule has 0 bridgehead atoms. The number of rotatable bonds is 8. The van der Waals surface area contributed by atoms with Gasteiger partial charge in [0.2, 0.25) is 0 Å². The second kappa shape index (κ2) is 10.5. The van der Waals surface area contributed by atoms with Gasteiger partial charge in [-0.3, -0.25) is 14.3 Å². The average Bonchev–Trinajstić information content (AvgIpc) is 3.26. The highest BCUT2D eigenvalue weighted by Crippen LogP contribution is 2.33. The number of alkyl halides is 3. The van der Waals surface area contributed by atoms with E-state index in [1.807, 2.05) is 35.0 Å². The van der Waals surface area contributed by atoms with Gasteiger partial charge < -0.3 is 10.4 Å². The maximum atomic E-state index is 12.9. The minimum absolute atomic E-state index is 0.0450. The number of nitrogens with zero attached hydrogens (tertiary/aromatic N) is 2. The number of fused-ring (bicyclic) bond motifs is 1. The second-order valence-electron chi connectivity index (χ2n) is 9.15. The summed E-state index contributed by atoms with van der Waals surface area (Å²) in [7, 11) is 0. The highest BCUT2D eigenvalue weighted by atomic mass is 19.4. The zero-order valence-corrected chi connectivity index (χ0v) is 20.3. The Balaban J connectivity index is 1.58. The molecule has 1 heterocycles. The van der Waals surface area contributed by atoms with Crippen LogP contribution in [0.5, 0.6) is 0 Å². The summed E-state index contributed by atoms with van der Waals surface area (Å²) in [5.74, 6) is -1.17. The summed E-state index contributed by atoms with van der Waals surface area (Å²) < 4.78 is 40.5. The number of benzene rings is 3. The third kappa shape index (κ3) is 5.82. The highest BCUT2D eigenvalue weighted by Gasteiger charge is 2.30. The Morgan fingerprint density at radius 3 is 2.16 bits per heavy atom. The molecule has 192 valence electrons. The van der Waals surface area contributed by atoms with E-state index in [4.69, 9.17) is 5.11 Å². The molecule has 0 fully saturated rings. The van der Waals surface area contributed by atoms with Crippen molar-refractivity contribution in [3.63, 3.8) is 0 Å². The number of carboxylic acids is 1. The van der Waals surface area contributed by atoms with Crippen molar-refractivity contribution in [2.45, 2.75) is 32.5 Å². The van der Waals surface area contributed by atoms with Crippen LogP contribution in [0.2, 0.25) is 0 Å². The first-order chi connectivity index (χ1) is 17.5. The fraction of sp³-hybridized carbons (Fsp3) is 0.250. The molecule has 0 radical (unpaired) electrons. The van der Waals surface area contributed by atoms with Gasteiger partial charge in [0.15, 0.2) is 0 Å². The molecule has 1 unspecified atom stereocenters. The monoisotopic (exact) mass is 509 g/mol. The van der Waals surface area contributed by atoms with Crippen LogP contribution in [0.25, 0.3) is 22.0 Å². The molecule has 4 aromatic rings. The Kier molecular flexibility index (Phi) is 7.33. The first-order valence-corrected chi connectivity index (χ1v) is 11.8. The quantitative estimate of drug-likeness (QED) is 0.297. The summed E-state index contributed by atoms with van der Waals surface area (Å²) >= 11 is 0. The van der Waals surface area contributed by atoms with Crippen molar-refractivity contribution in [2.24, 2.45) is 5.92 Å². The number of carbonyl (C=O) groups excluding carboxylic acids is 1. The Labute approximate surface area is 211 Å². The van der Waals surface area contributed by atoms with Gasteiger partial charge in [-0.1, -0.05) is 50.2 Å². The number of hydrogen-bond donors (Lipinski definition) is 2. The molecule has 4 rings (SSSR count). The van der Waals surface area contributed by atoms with Crippen LogP contribution in [-0.4, -0.2) is 33.3 Å². The first kappa shape index (κ1) is 25.9. The van der Waals surface area contributed by atoms with Gasteiger partial charge in [-0.15, -0.1) is 0 Å². The summed E-state index contributed by atoms with van der Waals surface area (Å²) in [5.41, 5.74) is 3.07.